The van der Waals surface area contributed by atoms with Crippen molar-refractivity contribution in [1.29, 1.82) is 0 Å². The lowest BCUT2D eigenvalue weighted by Crippen LogP contribution is -2.42. The maximum absolute atomic E-state index is 11.7. The maximum Gasteiger partial charge on any atom is 0.271 e. The molecule has 6 heteroatoms. The number of carbonyl (C=O) groups is 1. The Bertz CT molecular complexity index is 528. The molecule has 1 aromatic carbocycles. The van der Waals surface area contributed by atoms with Crippen LogP contribution in [0.25, 0.3) is 0 Å². The predicted octanol–water partition coefficient (Wildman–Crippen LogP) is 2.83. The predicted molar refractivity (Wildman–Crippen MR) is 71.1 cm³/mol. The molecule has 0 N–H and O–H groups in total. The minimum Gasteiger partial charge on any atom is -0.310 e. The van der Waals surface area contributed by atoms with E-state index in [0.717, 1.165) is 4.90 Å². The Kier molecular flexibility index (Phi) is 3.06. The lowest BCUT2D eigenvalue weighted by atomic mass is 10.1. The highest BCUT2D eigenvalue weighted by Gasteiger charge is 2.33. The number of amides is 1. The van der Waals surface area contributed by atoms with Crippen LogP contribution in [-0.2, 0) is 4.79 Å². The summed E-state index contributed by atoms with van der Waals surface area (Å²) < 4.78 is -0.0885. The summed E-state index contributed by atoms with van der Waals surface area (Å²) in [5.74, 6) is -0.0925. The Labute approximate surface area is 109 Å². The van der Waals surface area contributed by atoms with Crippen LogP contribution in [0.3, 0.4) is 0 Å². The number of anilines is 1. The first-order valence-corrected chi connectivity index (χ1v) is 6.37. The summed E-state index contributed by atoms with van der Waals surface area (Å²) >= 11 is 1.64. The van der Waals surface area contributed by atoms with Crippen molar-refractivity contribution in [3.63, 3.8) is 0 Å². The van der Waals surface area contributed by atoms with Crippen molar-refractivity contribution in [2.45, 2.75) is 30.4 Å². The molecule has 0 atom stereocenters. The molecule has 0 aromatic heterocycles. The third-order valence-corrected chi connectivity index (χ3v) is 4.00. The molecule has 1 aliphatic heterocycles. The summed E-state index contributed by atoms with van der Waals surface area (Å²) in [5, 5.41) is 10.8. The molecule has 1 aliphatic rings. The van der Waals surface area contributed by atoms with Gasteiger partial charge in [-0.25, -0.2) is 0 Å². The number of nitrogens with zero attached hydrogens (tertiary/aromatic N) is 2. The summed E-state index contributed by atoms with van der Waals surface area (Å²) in [6, 6.07) is 4.67. The fourth-order valence-corrected chi connectivity index (χ4v) is 3.19. The lowest BCUT2D eigenvalue weighted by molar-refractivity contribution is -0.384. The second-order valence-electron chi connectivity index (χ2n) is 4.88. The highest BCUT2D eigenvalue weighted by molar-refractivity contribution is 8.00. The van der Waals surface area contributed by atoms with E-state index in [-0.39, 0.29) is 16.3 Å². The highest BCUT2D eigenvalue weighted by atomic mass is 32.2. The molecule has 1 heterocycles. The molecule has 1 amide bonds. The fourth-order valence-electron chi connectivity index (χ4n) is 1.99. The molecule has 1 aromatic rings. The number of hydrogen-bond donors (Lipinski definition) is 0. The van der Waals surface area contributed by atoms with Gasteiger partial charge in [0.15, 0.2) is 0 Å². The minimum atomic E-state index is -0.441. The van der Waals surface area contributed by atoms with Crippen molar-refractivity contribution in [1.82, 2.24) is 0 Å². The van der Waals surface area contributed by atoms with Gasteiger partial charge in [0.2, 0.25) is 5.91 Å². The van der Waals surface area contributed by atoms with Crippen molar-refractivity contribution >= 4 is 29.0 Å². The number of fused-ring (bicyclic) bond motifs is 1. The van der Waals surface area contributed by atoms with Gasteiger partial charge in [-0.05, 0) is 19.9 Å². The van der Waals surface area contributed by atoms with Crippen LogP contribution in [0.5, 0.6) is 0 Å². The van der Waals surface area contributed by atoms with E-state index < -0.39 is 4.92 Å². The molecule has 0 spiro atoms. The van der Waals surface area contributed by atoms with Gasteiger partial charge in [0.1, 0.15) is 0 Å². The third kappa shape index (κ3) is 2.33. The van der Waals surface area contributed by atoms with Crippen molar-refractivity contribution in [2.75, 3.05) is 11.4 Å². The molecule has 2 rings (SSSR count). The molecular weight excluding hydrogens is 252 g/mol. The number of benzene rings is 1. The molecule has 0 saturated heterocycles. The van der Waals surface area contributed by atoms with Gasteiger partial charge < -0.3 is 4.90 Å². The smallest absolute Gasteiger partial charge is 0.271 e. The average Bonchev–Trinajstić information content (AvgIpc) is 2.25. The summed E-state index contributed by atoms with van der Waals surface area (Å²) in [7, 11) is 0. The molecule has 96 valence electrons. The Morgan fingerprint density at radius 2 is 2.17 bits per heavy atom. The molecule has 0 saturated carbocycles. The van der Waals surface area contributed by atoms with Crippen LogP contribution >= 0.6 is 11.8 Å². The van der Waals surface area contributed by atoms with Crippen molar-refractivity contribution in [3.05, 3.63) is 28.3 Å². The minimum absolute atomic E-state index is 0.0142. The topological polar surface area (TPSA) is 63.5 Å². The van der Waals surface area contributed by atoms with Crippen LogP contribution in [0.15, 0.2) is 23.1 Å². The van der Waals surface area contributed by atoms with E-state index >= 15 is 0 Å². The van der Waals surface area contributed by atoms with Gasteiger partial charge >= 0.3 is 0 Å². The van der Waals surface area contributed by atoms with E-state index in [1.165, 1.54) is 19.1 Å². The van der Waals surface area contributed by atoms with Crippen molar-refractivity contribution in [2.24, 2.45) is 0 Å². The number of nitro groups is 1. The Balaban J connectivity index is 2.53. The van der Waals surface area contributed by atoms with Gasteiger partial charge in [0.05, 0.1) is 10.6 Å². The van der Waals surface area contributed by atoms with E-state index in [9.17, 15) is 14.9 Å². The van der Waals surface area contributed by atoms with Crippen LogP contribution in [0.4, 0.5) is 11.4 Å². The fraction of sp³-hybridized carbons (Fsp3) is 0.417. The number of carbonyl (C=O) groups excluding carboxylic acids is 1. The summed E-state index contributed by atoms with van der Waals surface area (Å²) in [6.45, 7) is 6.14. The molecule has 0 unspecified atom stereocenters. The first-order valence-electron chi connectivity index (χ1n) is 5.56. The van der Waals surface area contributed by atoms with Gasteiger partial charge in [-0.3, -0.25) is 14.9 Å². The molecule has 18 heavy (non-hydrogen) atoms. The Morgan fingerprint density at radius 1 is 1.50 bits per heavy atom. The zero-order valence-electron chi connectivity index (χ0n) is 10.5. The average molecular weight is 266 g/mol. The van der Waals surface area contributed by atoms with Gasteiger partial charge in [0.25, 0.3) is 5.69 Å². The standard InChI is InChI=1S/C12H14N2O3S/c1-8(15)13-7-12(2,3)18-11-5-4-9(14(16)17)6-10(11)13/h4-6H,7H2,1-3H3. The number of hydrogen-bond acceptors (Lipinski definition) is 4. The maximum atomic E-state index is 11.7. The Morgan fingerprint density at radius 3 is 2.72 bits per heavy atom. The van der Waals surface area contributed by atoms with E-state index in [2.05, 4.69) is 13.8 Å². The number of thioether (sulfide) groups is 1. The van der Waals surface area contributed by atoms with Gasteiger partial charge in [-0.1, -0.05) is 0 Å². The quantitative estimate of drug-likeness (QED) is 0.579. The van der Waals surface area contributed by atoms with E-state index in [4.69, 9.17) is 0 Å². The first kappa shape index (κ1) is 12.9. The highest BCUT2D eigenvalue weighted by Crippen LogP contribution is 2.45. The van der Waals surface area contributed by atoms with Gasteiger partial charge in [0, 0.05) is 35.2 Å². The zero-order valence-corrected chi connectivity index (χ0v) is 11.3. The van der Waals surface area contributed by atoms with Crippen LogP contribution in [0.2, 0.25) is 0 Å². The van der Waals surface area contributed by atoms with Gasteiger partial charge in [-0.15, -0.1) is 11.8 Å². The molecular formula is C12H14N2O3S. The van der Waals surface area contributed by atoms with E-state index in [1.54, 1.807) is 22.7 Å². The summed E-state index contributed by atoms with van der Waals surface area (Å²) in [5.41, 5.74) is 0.654. The van der Waals surface area contributed by atoms with Crippen LogP contribution < -0.4 is 4.90 Å². The Hall–Kier alpha value is -1.56. The monoisotopic (exact) mass is 266 g/mol. The zero-order chi connectivity index (χ0) is 13.5. The number of non-ortho nitro benzene ring substituents is 1. The largest absolute Gasteiger partial charge is 0.310 e. The molecule has 5 nitrogen and oxygen atoms in total. The third-order valence-electron chi connectivity index (χ3n) is 2.75. The number of nitro benzene ring substituents is 1. The van der Waals surface area contributed by atoms with Crippen LogP contribution in [0, 0.1) is 10.1 Å². The molecule has 0 fully saturated rings. The first-order chi connectivity index (χ1) is 8.30. The molecule has 0 radical (unpaired) electrons. The summed E-state index contributed by atoms with van der Waals surface area (Å²) in [4.78, 5) is 24.5. The van der Waals surface area contributed by atoms with Gasteiger partial charge in [-0.2, -0.15) is 0 Å². The van der Waals surface area contributed by atoms with Crippen molar-refractivity contribution in [3.8, 4) is 0 Å². The van der Waals surface area contributed by atoms with E-state index in [1.807, 2.05) is 0 Å². The second-order valence-corrected chi connectivity index (χ2v) is 6.63. The normalized spacial score (nSPS) is 17.2. The molecule has 0 bridgehead atoms. The van der Waals surface area contributed by atoms with Crippen molar-refractivity contribution < 1.29 is 9.72 Å². The molecule has 0 aliphatic carbocycles. The summed E-state index contributed by atoms with van der Waals surface area (Å²) in [6.07, 6.45) is 0. The van der Waals surface area contributed by atoms with Crippen LogP contribution in [-0.4, -0.2) is 22.1 Å². The second kappa shape index (κ2) is 4.28. The number of rotatable bonds is 1. The van der Waals surface area contributed by atoms with E-state index in [0.29, 0.717) is 12.2 Å². The lowest BCUT2D eigenvalue weighted by Gasteiger charge is -2.38. The van der Waals surface area contributed by atoms with Crippen LogP contribution in [0.1, 0.15) is 20.8 Å². The SMILES string of the molecule is CC(=O)N1CC(C)(C)Sc2ccc([N+](=O)[O-])cc21.